The molecule has 0 aromatic heterocycles. The fourth-order valence-corrected chi connectivity index (χ4v) is 0.986. The molecular weight excluding hydrogens is 280 g/mol. The maximum Gasteiger partial charge on any atom is 1.00 e. The molecule has 0 aliphatic carbocycles. The predicted octanol–water partition coefficient (Wildman–Crippen LogP) is 2.74. The van der Waals surface area contributed by atoms with E-state index in [4.69, 9.17) is 11.2 Å². The summed E-state index contributed by atoms with van der Waals surface area (Å²) in [5.74, 6) is 2.29. The average molecular weight is 293 g/mol. The van der Waals surface area contributed by atoms with E-state index in [0.717, 1.165) is 11.1 Å². The van der Waals surface area contributed by atoms with Gasteiger partial charge in [-0.15, -0.1) is 6.08 Å². The topological polar surface area (TPSA) is 9.23 Å². The van der Waals surface area contributed by atoms with Crippen LogP contribution in [0.3, 0.4) is 0 Å². The van der Waals surface area contributed by atoms with Crippen molar-refractivity contribution in [1.29, 1.82) is 0 Å². The van der Waals surface area contributed by atoms with E-state index < -0.39 is 0 Å². The van der Waals surface area contributed by atoms with Crippen LogP contribution >= 0.6 is 0 Å². The molecule has 1 rings (SSSR count). The second kappa shape index (κ2) is 8.52. The molecule has 0 unspecified atom stereocenters. The summed E-state index contributed by atoms with van der Waals surface area (Å²) in [6.07, 6.45) is 8.68. The summed E-state index contributed by atoms with van der Waals surface area (Å²) in [7, 11) is 0. The minimum Gasteiger partial charge on any atom is -0.374 e. The van der Waals surface area contributed by atoms with E-state index in [1.807, 2.05) is 43.3 Å². The molecule has 0 bridgehead atoms. The summed E-state index contributed by atoms with van der Waals surface area (Å²) >= 11 is 0. The van der Waals surface area contributed by atoms with Crippen molar-refractivity contribution in [3.8, 4) is 5.92 Å². The zero-order chi connectivity index (χ0) is 10.2. The molecule has 2 heteroatoms. The summed E-state index contributed by atoms with van der Waals surface area (Å²) < 4.78 is 5.39. The van der Waals surface area contributed by atoms with Crippen molar-refractivity contribution in [1.82, 2.24) is 0 Å². The first kappa shape index (κ1) is 14.2. The summed E-state index contributed by atoms with van der Waals surface area (Å²) in [6.45, 7) is 2.98. The molecule has 0 radical (unpaired) electrons. The van der Waals surface area contributed by atoms with Crippen molar-refractivity contribution in [3.05, 3.63) is 54.0 Å². The molecule has 0 aliphatic heterocycles. The monoisotopic (exact) mass is 292 g/mol. The van der Waals surface area contributed by atoms with Gasteiger partial charge in [0.1, 0.15) is 0 Å². The van der Waals surface area contributed by atoms with Gasteiger partial charge < -0.3 is 11.2 Å². The SMILES string of the molecule is [Ag+].[C-]#C/C(C)=C\COCc1ccccc1. The second-order valence-electron chi connectivity index (χ2n) is 3.01. The van der Waals surface area contributed by atoms with Gasteiger partial charge in [0.2, 0.25) is 0 Å². The van der Waals surface area contributed by atoms with E-state index in [-0.39, 0.29) is 22.4 Å². The van der Waals surface area contributed by atoms with Crippen LogP contribution in [0.15, 0.2) is 42.0 Å². The van der Waals surface area contributed by atoms with Crippen LogP contribution in [0.2, 0.25) is 0 Å². The third-order valence-corrected chi connectivity index (χ3v) is 1.82. The van der Waals surface area contributed by atoms with Crippen LogP contribution in [-0.4, -0.2) is 6.61 Å². The average Bonchev–Trinajstić information content (AvgIpc) is 2.25. The maximum absolute atomic E-state index is 6.83. The summed E-state index contributed by atoms with van der Waals surface area (Å²) in [6, 6.07) is 10.0. The minimum atomic E-state index is 0. The van der Waals surface area contributed by atoms with E-state index in [1.165, 1.54) is 0 Å². The third kappa shape index (κ3) is 6.33. The zero-order valence-electron chi connectivity index (χ0n) is 8.59. The van der Waals surface area contributed by atoms with Gasteiger partial charge in [-0.2, -0.15) is 5.57 Å². The van der Waals surface area contributed by atoms with Crippen LogP contribution in [0, 0.1) is 12.3 Å². The minimum absolute atomic E-state index is 0. The van der Waals surface area contributed by atoms with Crippen LogP contribution in [0.4, 0.5) is 0 Å². The molecule has 0 saturated carbocycles. The number of ether oxygens (including phenoxy) is 1. The van der Waals surface area contributed by atoms with Crippen molar-refractivity contribution >= 4 is 0 Å². The second-order valence-corrected chi connectivity index (χ2v) is 3.01. The zero-order valence-corrected chi connectivity index (χ0v) is 10.1. The Bertz CT molecular complexity index is 335. The summed E-state index contributed by atoms with van der Waals surface area (Å²) in [5, 5.41) is 0. The van der Waals surface area contributed by atoms with Crippen LogP contribution in [0.25, 0.3) is 0 Å². The standard InChI is InChI=1S/C13H13O.Ag/c1-3-12(2)9-10-14-11-13-7-5-4-6-8-13;/h4-9H,10-11H2,2H3;/q-1;+1/b12-9-;. The van der Waals surface area contributed by atoms with Crippen molar-refractivity contribution < 1.29 is 27.1 Å². The van der Waals surface area contributed by atoms with E-state index >= 15 is 0 Å². The van der Waals surface area contributed by atoms with E-state index in [0.29, 0.717) is 13.2 Å². The first-order chi connectivity index (χ1) is 6.83. The quantitative estimate of drug-likeness (QED) is 0.359. The van der Waals surface area contributed by atoms with Crippen molar-refractivity contribution in [2.24, 2.45) is 0 Å². The number of allylic oxidation sites excluding steroid dienone is 1. The van der Waals surface area contributed by atoms with Gasteiger partial charge in [-0.3, -0.25) is 5.92 Å². The van der Waals surface area contributed by atoms with E-state index in [1.54, 1.807) is 0 Å². The molecule has 0 spiro atoms. The largest absolute Gasteiger partial charge is 1.00 e. The maximum atomic E-state index is 6.83. The molecule has 1 nitrogen and oxygen atoms in total. The third-order valence-electron chi connectivity index (χ3n) is 1.82. The fraction of sp³-hybridized carbons (Fsp3) is 0.231. The van der Waals surface area contributed by atoms with Crippen LogP contribution in [-0.2, 0) is 33.7 Å². The summed E-state index contributed by atoms with van der Waals surface area (Å²) in [4.78, 5) is 0. The smallest absolute Gasteiger partial charge is 0.374 e. The van der Waals surface area contributed by atoms with Gasteiger partial charge in [0.25, 0.3) is 0 Å². The van der Waals surface area contributed by atoms with Crippen LogP contribution in [0.1, 0.15) is 12.5 Å². The first-order valence-corrected chi connectivity index (χ1v) is 4.54. The fourth-order valence-electron chi connectivity index (χ4n) is 0.986. The first-order valence-electron chi connectivity index (χ1n) is 4.54. The Morgan fingerprint density at radius 3 is 2.67 bits per heavy atom. The van der Waals surface area contributed by atoms with Gasteiger partial charge in [0.15, 0.2) is 0 Å². The molecular formula is C13H13AgO. The Morgan fingerprint density at radius 1 is 1.40 bits per heavy atom. The molecule has 1 aromatic carbocycles. The molecule has 0 amide bonds. The molecule has 15 heavy (non-hydrogen) atoms. The molecule has 0 N–H and O–H groups in total. The van der Waals surface area contributed by atoms with E-state index in [2.05, 4.69) is 5.92 Å². The number of benzene rings is 1. The van der Waals surface area contributed by atoms with Gasteiger partial charge in [-0.25, -0.2) is 0 Å². The molecule has 0 atom stereocenters. The summed E-state index contributed by atoms with van der Waals surface area (Å²) in [5.41, 5.74) is 1.97. The van der Waals surface area contributed by atoms with Crippen molar-refractivity contribution in [3.63, 3.8) is 0 Å². The molecule has 0 saturated heterocycles. The molecule has 0 fully saturated rings. The Labute approximate surface area is 107 Å². The normalized spacial score (nSPS) is 10.3. The molecule has 82 valence electrons. The van der Waals surface area contributed by atoms with Crippen molar-refractivity contribution in [2.45, 2.75) is 13.5 Å². The number of rotatable bonds is 4. The Morgan fingerprint density at radius 2 is 2.07 bits per heavy atom. The molecule has 0 heterocycles. The molecule has 0 aliphatic rings. The molecule has 1 aromatic rings. The predicted molar refractivity (Wildman–Crippen MR) is 57.0 cm³/mol. The van der Waals surface area contributed by atoms with Gasteiger partial charge in [0.05, 0.1) is 13.2 Å². The Balaban J connectivity index is 0.00000196. The van der Waals surface area contributed by atoms with Gasteiger partial charge >= 0.3 is 22.4 Å². The van der Waals surface area contributed by atoms with Gasteiger partial charge in [-0.05, 0) is 5.56 Å². The van der Waals surface area contributed by atoms with Crippen LogP contribution < -0.4 is 0 Å². The number of hydrogen-bond donors (Lipinski definition) is 0. The van der Waals surface area contributed by atoms with E-state index in [9.17, 15) is 0 Å². The van der Waals surface area contributed by atoms with Gasteiger partial charge in [0, 0.05) is 0 Å². The van der Waals surface area contributed by atoms with Crippen LogP contribution in [0.5, 0.6) is 0 Å². The number of hydrogen-bond acceptors (Lipinski definition) is 1. The Kier molecular flexibility index (Phi) is 8.08. The Hall–Kier alpha value is -0.780. The van der Waals surface area contributed by atoms with Crippen molar-refractivity contribution in [2.75, 3.05) is 6.61 Å². The van der Waals surface area contributed by atoms with Gasteiger partial charge in [-0.1, -0.05) is 37.3 Å².